The van der Waals surface area contributed by atoms with Gasteiger partial charge >= 0.3 is 0 Å². The molecule has 4 rings (SSSR count). The number of rotatable bonds is 3. The van der Waals surface area contributed by atoms with Crippen LogP contribution in [-0.2, 0) is 16.6 Å². The Kier molecular flexibility index (Phi) is 4.15. The van der Waals surface area contributed by atoms with Crippen LogP contribution in [0.5, 0.6) is 0 Å². The molecule has 1 atom stereocenters. The Morgan fingerprint density at radius 2 is 1.60 bits per heavy atom. The highest BCUT2D eigenvalue weighted by molar-refractivity contribution is 7.89. The van der Waals surface area contributed by atoms with Crippen LogP contribution in [0.4, 0.5) is 0 Å². The van der Waals surface area contributed by atoms with Gasteiger partial charge < -0.3 is 4.57 Å². The summed E-state index contributed by atoms with van der Waals surface area (Å²) in [7, 11) is -3.72. The Balaban J connectivity index is 1.87. The zero-order valence-corrected chi connectivity index (χ0v) is 15.0. The first kappa shape index (κ1) is 16.4. The van der Waals surface area contributed by atoms with Gasteiger partial charge in [0.2, 0.25) is 10.0 Å². The quantitative estimate of drug-likeness (QED) is 0.699. The molecule has 0 fully saturated rings. The maximum absolute atomic E-state index is 13.4. The second kappa shape index (κ2) is 6.33. The topological polar surface area (TPSA) is 42.3 Å². The lowest BCUT2D eigenvalue weighted by Gasteiger charge is -2.36. The molecule has 0 unspecified atom stereocenters. The van der Waals surface area contributed by atoms with Crippen LogP contribution in [0, 0.1) is 0 Å². The van der Waals surface area contributed by atoms with Crippen LogP contribution in [0.3, 0.4) is 0 Å². The fourth-order valence-electron chi connectivity index (χ4n) is 3.37. The third kappa shape index (κ3) is 2.78. The van der Waals surface area contributed by atoms with Crippen molar-refractivity contribution < 1.29 is 8.42 Å². The first-order valence-corrected chi connectivity index (χ1v) is 9.87. The summed E-state index contributed by atoms with van der Waals surface area (Å²) in [5, 5.41) is 0.246. The Morgan fingerprint density at radius 1 is 0.880 bits per heavy atom. The Bertz CT molecular complexity index is 999. The lowest BCUT2D eigenvalue weighted by molar-refractivity contribution is 0.298. The molecule has 1 aromatic heterocycles. The van der Waals surface area contributed by atoms with Crippen molar-refractivity contribution in [1.82, 2.24) is 8.87 Å². The van der Waals surface area contributed by atoms with Crippen molar-refractivity contribution in [1.29, 1.82) is 0 Å². The van der Waals surface area contributed by atoms with Crippen LogP contribution in [0.15, 0.2) is 77.8 Å². The average molecular weight is 373 g/mol. The summed E-state index contributed by atoms with van der Waals surface area (Å²) in [6.45, 7) is 1.02. The molecule has 2 aromatic carbocycles. The summed E-state index contributed by atoms with van der Waals surface area (Å²) in [6, 6.07) is 19.9. The van der Waals surface area contributed by atoms with Gasteiger partial charge in [-0.15, -0.1) is 0 Å². The molecular formula is C19H17ClN2O2S. The minimum absolute atomic E-state index is 0.151. The normalized spacial score (nSPS) is 18.0. The predicted molar refractivity (Wildman–Crippen MR) is 98.1 cm³/mol. The number of fused-ring (bicyclic) bond motifs is 1. The van der Waals surface area contributed by atoms with Gasteiger partial charge in [0.15, 0.2) is 0 Å². The van der Waals surface area contributed by atoms with Gasteiger partial charge in [-0.05, 0) is 29.8 Å². The Labute approximate surface area is 152 Å². The standard InChI is InChI=1S/C19H17ClN2O2S/c20-16-9-4-5-11-18(16)25(23,24)22-14-13-21-12-6-10-17(21)19(22)15-7-2-1-3-8-15/h1-12,19H,13-14H2/t19-/m1/s1. The lowest BCUT2D eigenvalue weighted by atomic mass is 10.0. The van der Waals surface area contributed by atoms with Crippen molar-refractivity contribution in [2.45, 2.75) is 17.5 Å². The monoisotopic (exact) mass is 372 g/mol. The Hall–Kier alpha value is -2.08. The third-order valence-electron chi connectivity index (χ3n) is 4.53. The molecule has 6 heteroatoms. The van der Waals surface area contributed by atoms with Gasteiger partial charge in [0.1, 0.15) is 4.90 Å². The molecule has 0 saturated heterocycles. The number of hydrogen-bond donors (Lipinski definition) is 0. The minimum atomic E-state index is -3.72. The molecule has 128 valence electrons. The van der Waals surface area contributed by atoms with E-state index in [0.717, 1.165) is 11.3 Å². The number of aromatic nitrogens is 1. The van der Waals surface area contributed by atoms with Crippen molar-refractivity contribution >= 4 is 21.6 Å². The molecule has 0 radical (unpaired) electrons. The van der Waals surface area contributed by atoms with E-state index in [-0.39, 0.29) is 16.0 Å². The average Bonchev–Trinajstić information content (AvgIpc) is 3.10. The van der Waals surface area contributed by atoms with Crippen LogP contribution < -0.4 is 0 Å². The largest absolute Gasteiger partial charge is 0.348 e. The highest BCUT2D eigenvalue weighted by atomic mass is 35.5. The number of benzene rings is 2. The van der Waals surface area contributed by atoms with Crippen molar-refractivity contribution in [2.24, 2.45) is 0 Å². The van der Waals surface area contributed by atoms with Gasteiger partial charge in [0.05, 0.1) is 11.1 Å². The third-order valence-corrected chi connectivity index (χ3v) is 6.90. The maximum atomic E-state index is 13.4. The fraction of sp³-hybridized carbons (Fsp3) is 0.158. The summed E-state index contributed by atoms with van der Waals surface area (Å²) in [5.74, 6) is 0. The van der Waals surface area contributed by atoms with Gasteiger partial charge in [-0.25, -0.2) is 8.42 Å². The van der Waals surface area contributed by atoms with Crippen LogP contribution in [0.2, 0.25) is 5.02 Å². The molecule has 25 heavy (non-hydrogen) atoms. The first-order valence-electron chi connectivity index (χ1n) is 8.05. The number of sulfonamides is 1. The van der Waals surface area contributed by atoms with Crippen molar-refractivity contribution in [3.05, 3.63) is 89.2 Å². The molecule has 4 nitrogen and oxygen atoms in total. The molecule has 1 aliphatic heterocycles. The first-order chi connectivity index (χ1) is 12.1. The zero-order valence-electron chi connectivity index (χ0n) is 13.4. The van der Waals surface area contributed by atoms with Crippen LogP contribution >= 0.6 is 11.6 Å². The second-order valence-corrected chi connectivity index (χ2v) is 8.25. The number of hydrogen-bond acceptors (Lipinski definition) is 2. The Morgan fingerprint density at radius 3 is 2.36 bits per heavy atom. The molecule has 0 bridgehead atoms. The van der Waals surface area contributed by atoms with Gasteiger partial charge in [-0.2, -0.15) is 4.31 Å². The van der Waals surface area contributed by atoms with E-state index in [0.29, 0.717) is 13.1 Å². The smallest absolute Gasteiger partial charge is 0.245 e. The molecule has 0 amide bonds. The van der Waals surface area contributed by atoms with Gasteiger partial charge in [-0.3, -0.25) is 0 Å². The van der Waals surface area contributed by atoms with Crippen molar-refractivity contribution in [2.75, 3.05) is 6.54 Å². The number of nitrogens with zero attached hydrogens (tertiary/aromatic N) is 2. The van der Waals surface area contributed by atoms with E-state index in [1.54, 1.807) is 28.6 Å². The molecule has 1 aliphatic rings. The maximum Gasteiger partial charge on any atom is 0.245 e. The van der Waals surface area contributed by atoms with E-state index < -0.39 is 10.0 Å². The summed E-state index contributed by atoms with van der Waals surface area (Å²) < 4.78 is 30.4. The molecule has 0 aliphatic carbocycles. The molecule has 3 aromatic rings. The molecule has 2 heterocycles. The predicted octanol–water partition coefficient (Wildman–Crippen LogP) is 3.94. The molecular weight excluding hydrogens is 356 g/mol. The van der Waals surface area contributed by atoms with E-state index in [1.165, 1.54) is 0 Å². The molecule has 0 spiro atoms. The SMILES string of the molecule is O=S(=O)(c1ccccc1Cl)N1CCn2cccc2[C@H]1c1ccccc1. The number of halogens is 1. The van der Waals surface area contributed by atoms with Gasteiger partial charge in [0.25, 0.3) is 0 Å². The second-order valence-electron chi connectivity index (χ2n) is 5.99. The minimum Gasteiger partial charge on any atom is -0.348 e. The van der Waals surface area contributed by atoms with E-state index in [9.17, 15) is 8.42 Å². The zero-order chi connectivity index (χ0) is 17.4. The molecule has 0 saturated carbocycles. The summed E-state index contributed by atoms with van der Waals surface area (Å²) in [4.78, 5) is 0.151. The summed E-state index contributed by atoms with van der Waals surface area (Å²) in [5.41, 5.74) is 1.91. The lowest BCUT2D eigenvalue weighted by Crippen LogP contribution is -2.42. The summed E-state index contributed by atoms with van der Waals surface area (Å²) >= 11 is 6.19. The highest BCUT2D eigenvalue weighted by Crippen LogP contribution is 2.37. The van der Waals surface area contributed by atoms with Gasteiger partial charge in [-0.1, -0.05) is 54.1 Å². The van der Waals surface area contributed by atoms with Gasteiger partial charge in [0, 0.05) is 25.0 Å². The van der Waals surface area contributed by atoms with Crippen LogP contribution in [0.25, 0.3) is 0 Å². The van der Waals surface area contributed by atoms with Crippen LogP contribution in [0.1, 0.15) is 17.3 Å². The highest BCUT2D eigenvalue weighted by Gasteiger charge is 2.38. The molecule has 0 N–H and O–H groups in total. The van der Waals surface area contributed by atoms with Crippen molar-refractivity contribution in [3.8, 4) is 0 Å². The van der Waals surface area contributed by atoms with E-state index in [4.69, 9.17) is 11.6 Å². The van der Waals surface area contributed by atoms with E-state index >= 15 is 0 Å². The van der Waals surface area contributed by atoms with Crippen LogP contribution in [-0.4, -0.2) is 23.8 Å². The fourth-order valence-corrected chi connectivity index (χ4v) is 5.45. The van der Waals surface area contributed by atoms with Crippen molar-refractivity contribution in [3.63, 3.8) is 0 Å². The van der Waals surface area contributed by atoms with E-state index in [1.807, 2.05) is 48.7 Å². The summed E-state index contributed by atoms with van der Waals surface area (Å²) in [6.07, 6.45) is 1.99. The van der Waals surface area contributed by atoms with E-state index in [2.05, 4.69) is 4.57 Å².